The molecule has 0 radical (unpaired) electrons. The Bertz CT molecular complexity index is 1030. The summed E-state index contributed by atoms with van der Waals surface area (Å²) in [4.78, 5) is 27.9. The first kappa shape index (κ1) is 18.2. The van der Waals surface area contributed by atoms with Crippen molar-refractivity contribution in [1.29, 1.82) is 0 Å². The zero-order valence-corrected chi connectivity index (χ0v) is 16.1. The van der Waals surface area contributed by atoms with E-state index >= 15 is 0 Å². The van der Waals surface area contributed by atoms with Crippen LogP contribution >= 0.6 is 0 Å². The highest BCUT2D eigenvalue weighted by molar-refractivity contribution is 6.10. The first-order valence-electron chi connectivity index (χ1n) is 9.53. The number of likely N-dealkylation sites (tertiary alicyclic amines) is 1. The van der Waals surface area contributed by atoms with Crippen LogP contribution in [0.5, 0.6) is 0 Å². The van der Waals surface area contributed by atoms with Crippen LogP contribution in [0, 0.1) is 0 Å². The van der Waals surface area contributed by atoms with E-state index in [2.05, 4.69) is 0 Å². The van der Waals surface area contributed by atoms with Gasteiger partial charge in [-0.1, -0.05) is 66.7 Å². The van der Waals surface area contributed by atoms with Gasteiger partial charge in [-0.25, -0.2) is 0 Å². The van der Waals surface area contributed by atoms with Gasteiger partial charge in [0, 0.05) is 13.6 Å². The number of carbonyl (C=O) groups is 2. The molecule has 1 heterocycles. The number of likely N-dealkylation sites (N-methyl/N-ethyl adjacent to an activating group) is 1. The van der Waals surface area contributed by atoms with Crippen molar-refractivity contribution < 1.29 is 14.3 Å². The summed E-state index contributed by atoms with van der Waals surface area (Å²) in [6.45, 7) is 2.39. The van der Waals surface area contributed by atoms with Crippen molar-refractivity contribution >= 4 is 22.6 Å². The highest BCUT2D eigenvalue weighted by atomic mass is 16.5. The lowest BCUT2D eigenvalue weighted by atomic mass is 9.79. The summed E-state index contributed by atoms with van der Waals surface area (Å²) in [6, 6.07) is 23.3. The average Bonchev–Trinajstić information content (AvgIpc) is 3.04. The van der Waals surface area contributed by atoms with Crippen LogP contribution in [-0.4, -0.2) is 30.4 Å². The van der Waals surface area contributed by atoms with E-state index < -0.39 is 17.5 Å². The molecule has 1 aliphatic heterocycles. The number of esters is 1. The molecule has 3 aromatic rings. The number of rotatable bonds is 4. The highest BCUT2D eigenvalue weighted by Crippen LogP contribution is 2.38. The van der Waals surface area contributed by atoms with Crippen molar-refractivity contribution in [1.82, 2.24) is 4.90 Å². The lowest BCUT2D eigenvalue weighted by molar-refractivity contribution is -0.159. The fraction of sp³-hybridized carbons (Fsp3) is 0.250. The Labute approximate surface area is 164 Å². The lowest BCUT2D eigenvalue weighted by Crippen LogP contribution is -2.44. The third-order valence-electron chi connectivity index (χ3n) is 5.68. The minimum absolute atomic E-state index is 0.200. The van der Waals surface area contributed by atoms with E-state index in [1.54, 1.807) is 11.9 Å². The van der Waals surface area contributed by atoms with Gasteiger partial charge >= 0.3 is 5.97 Å². The number of fused-ring (bicyclic) bond motifs is 1. The second kappa shape index (κ2) is 7.12. The molecule has 3 aromatic carbocycles. The van der Waals surface area contributed by atoms with Crippen molar-refractivity contribution in [3.8, 4) is 0 Å². The largest absolute Gasteiger partial charge is 0.457 e. The minimum Gasteiger partial charge on any atom is -0.457 e. The van der Waals surface area contributed by atoms with Crippen LogP contribution in [0.25, 0.3) is 10.8 Å². The summed E-state index contributed by atoms with van der Waals surface area (Å²) in [7, 11) is 1.73. The molecule has 142 valence electrons. The van der Waals surface area contributed by atoms with E-state index in [0.29, 0.717) is 18.5 Å². The number of ether oxygens (including phenoxy) is 1. The number of amides is 1. The Morgan fingerprint density at radius 1 is 1.00 bits per heavy atom. The third kappa shape index (κ3) is 2.95. The molecule has 0 aromatic heterocycles. The molecular weight excluding hydrogens is 350 g/mol. The maximum Gasteiger partial charge on any atom is 0.326 e. The van der Waals surface area contributed by atoms with Crippen molar-refractivity contribution in [2.24, 2.45) is 0 Å². The molecular formula is C24H23NO3. The monoisotopic (exact) mass is 373 g/mol. The van der Waals surface area contributed by atoms with E-state index in [1.807, 2.05) is 79.7 Å². The van der Waals surface area contributed by atoms with Gasteiger partial charge in [0.1, 0.15) is 6.10 Å². The molecule has 2 atom stereocenters. The van der Waals surface area contributed by atoms with Gasteiger partial charge in [-0.3, -0.25) is 9.59 Å². The predicted molar refractivity (Wildman–Crippen MR) is 109 cm³/mol. The lowest BCUT2D eigenvalue weighted by Gasteiger charge is -2.27. The molecule has 4 nitrogen and oxygen atoms in total. The number of benzene rings is 3. The Kier molecular flexibility index (Phi) is 4.63. The summed E-state index contributed by atoms with van der Waals surface area (Å²) in [5.74, 6) is -0.678. The molecule has 4 rings (SSSR count). The van der Waals surface area contributed by atoms with Crippen LogP contribution in [0.4, 0.5) is 0 Å². The maximum absolute atomic E-state index is 13.3. The van der Waals surface area contributed by atoms with Crippen molar-refractivity contribution in [3.63, 3.8) is 0 Å². The molecule has 0 bridgehead atoms. The normalized spacial score (nSPS) is 20.4. The highest BCUT2D eigenvalue weighted by Gasteiger charge is 2.54. The smallest absolute Gasteiger partial charge is 0.326 e. The minimum atomic E-state index is -1.26. The molecule has 1 fully saturated rings. The van der Waals surface area contributed by atoms with E-state index in [0.717, 1.165) is 16.3 Å². The molecule has 0 unspecified atom stereocenters. The van der Waals surface area contributed by atoms with Crippen molar-refractivity contribution in [2.45, 2.75) is 24.9 Å². The van der Waals surface area contributed by atoms with Gasteiger partial charge in [0.15, 0.2) is 5.41 Å². The zero-order chi connectivity index (χ0) is 19.7. The second-order valence-corrected chi connectivity index (χ2v) is 7.40. The molecule has 1 amide bonds. The van der Waals surface area contributed by atoms with Crippen LogP contribution in [0.3, 0.4) is 0 Å². The molecule has 4 heteroatoms. The predicted octanol–water partition coefficient (Wildman–Crippen LogP) is 4.24. The van der Waals surface area contributed by atoms with E-state index in [9.17, 15) is 9.59 Å². The van der Waals surface area contributed by atoms with Gasteiger partial charge in [0.25, 0.3) is 0 Å². The van der Waals surface area contributed by atoms with Crippen molar-refractivity contribution in [3.05, 3.63) is 83.9 Å². The molecule has 0 spiro atoms. The SMILES string of the molecule is C[C@@H](OC(=O)[C@@]1(c2ccccc2)CCN(C)C1=O)c1ccc2ccccc2c1. The summed E-state index contributed by atoms with van der Waals surface area (Å²) in [5, 5.41) is 2.23. The molecule has 28 heavy (non-hydrogen) atoms. The van der Waals surface area contributed by atoms with Crippen LogP contribution < -0.4 is 0 Å². The summed E-state index contributed by atoms with van der Waals surface area (Å²) < 4.78 is 5.86. The molecule has 0 aliphatic carbocycles. The Balaban J connectivity index is 1.65. The van der Waals surface area contributed by atoms with E-state index in [-0.39, 0.29) is 5.91 Å². The third-order valence-corrected chi connectivity index (χ3v) is 5.68. The summed E-state index contributed by atoms with van der Waals surface area (Å²) in [6.07, 6.45) is -0.0216. The zero-order valence-electron chi connectivity index (χ0n) is 16.1. The van der Waals surface area contributed by atoms with Crippen LogP contribution in [0.2, 0.25) is 0 Å². The van der Waals surface area contributed by atoms with Crippen molar-refractivity contribution in [2.75, 3.05) is 13.6 Å². The Hall–Kier alpha value is -3.14. The van der Waals surface area contributed by atoms with Crippen LogP contribution in [0.15, 0.2) is 72.8 Å². The van der Waals surface area contributed by atoms with Gasteiger partial charge in [0.2, 0.25) is 5.91 Å². The summed E-state index contributed by atoms with van der Waals surface area (Å²) >= 11 is 0. The van der Waals surface area contributed by atoms with Gasteiger partial charge in [-0.15, -0.1) is 0 Å². The standard InChI is InChI=1S/C24H23NO3/c1-17(19-13-12-18-8-6-7-9-20(18)16-19)28-23(27)24(14-15-25(2)22(24)26)21-10-4-3-5-11-21/h3-13,16-17H,14-15H2,1-2H3/t17-,24-/m1/s1. The molecule has 0 N–H and O–H groups in total. The Morgan fingerprint density at radius 3 is 2.36 bits per heavy atom. The van der Waals surface area contributed by atoms with Gasteiger partial charge < -0.3 is 9.64 Å². The van der Waals surface area contributed by atoms with E-state index in [1.165, 1.54) is 0 Å². The number of carbonyl (C=O) groups excluding carboxylic acids is 2. The van der Waals surface area contributed by atoms with E-state index in [4.69, 9.17) is 4.74 Å². The fourth-order valence-corrected chi connectivity index (χ4v) is 3.96. The van der Waals surface area contributed by atoms with Crippen LogP contribution in [0.1, 0.15) is 30.6 Å². The summed E-state index contributed by atoms with van der Waals surface area (Å²) in [5.41, 5.74) is 0.343. The van der Waals surface area contributed by atoms with Crippen LogP contribution in [-0.2, 0) is 19.7 Å². The average molecular weight is 373 g/mol. The number of hydrogen-bond acceptors (Lipinski definition) is 3. The quantitative estimate of drug-likeness (QED) is 0.507. The number of hydrogen-bond donors (Lipinski definition) is 0. The first-order chi connectivity index (χ1) is 13.5. The topological polar surface area (TPSA) is 46.6 Å². The molecule has 1 saturated heterocycles. The Morgan fingerprint density at radius 2 is 1.68 bits per heavy atom. The second-order valence-electron chi connectivity index (χ2n) is 7.40. The molecule has 1 aliphatic rings. The fourth-order valence-electron chi connectivity index (χ4n) is 3.96. The molecule has 0 saturated carbocycles. The van der Waals surface area contributed by atoms with Gasteiger partial charge in [-0.05, 0) is 41.3 Å². The van der Waals surface area contributed by atoms with Gasteiger partial charge in [-0.2, -0.15) is 0 Å². The van der Waals surface area contributed by atoms with Gasteiger partial charge in [0.05, 0.1) is 0 Å². The number of nitrogens with zero attached hydrogens (tertiary/aromatic N) is 1. The maximum atomic E-state index is 13.3. The first-order valence-corrected chi connectivity index (χ1v) is 9.53.